The van der Waals surface area contributed by atoms with Crippen molar-refractivity contribution in [2.45, 2.75) is 148 Å². The fourth-order valence-electron chi connectivity index (χ4n) is 8.81. The van der Waals surface area contributed by atoms with E-state index in [0.717, 1.165) is 11.3 Å². The molecule has 0 aromatic carbocycles. The summed E-state index contributed by atoms with van der Waals surface area (Å²) in [5.41, 5.74) is -1.13. The molecule has 2 N–H and O–H groups in total. The van der Waals surface area contributed by atoms with E-state index in [0.29, 0.717) is 19.3 Å². The van der Waals surface area contributed by atoms with E-state index >= 15 is 0 Å². The first-order valence-electron chi connectivity index (χ1n) is 20.1. The van der Waals surface area contributed by atoms with Crippen LogP contribution in [-0.4, -0.2) is 125 Å². The van der Waals surface area contributed by atoms with Crippen LogP contribution in [0.25, 0.3) is 0 Å². The Morgan fingerprint density at radius 1 is 1.05 bits per heavy atom. The lowest BCUT2D eigenvalue weighted by Gasteiger charge is -2.47. The Hall–Kier alpha value is -3.94. The van der Waals surface area contributed by atoms with Gasteiger partial charge in [-0.1, -0.05) is 44.7 Å². The highest BCUT2D eigenvalue weighted by atomic mass is 16.7. The molecule has 1 amide bonds. The number of nitrogens with zero attached hydrogens (tertiary/aromatic N) is 3. The van der Waals surface area contributed by atoms with E-state index in [2.05, 4.69) is 27.3 Å². The predicted molar refractivity (Wildman–Crippen MR) is 208 cm³/mol. The van der Waals surface area contributed by atoms with Crippen molar-refractivity contribution in [3.05, 3.63) is 30.1 Å². The summed E-state index contributed by atoms with van der Waals surface area (Å²) in [6, 6.07) is 2.59. The zero-order valence-corrected chi connectivity index (χ0v) is 34.9. The van der Waals surface area contributed by atoms with Crippen LogP contribution >= 0.6 is 0 Å². The Labute approximate surface area is 335 Å². The highest BCUT2D eigenvalue weighted by molar-refractivity contribution is 6.01. The Balaban J connectivity index is 1.48. The van der Waals surface area contributed by atoms with Crippen LogP contribution in [0.5, 0.6) is 0 Å². The average molecular weight is 797 g/mol. The van der Waals surface area contributed by atoms with Crippen LogP contribution in [0, 0.1) is 35.5 Å². The van der Waals surface area contributed by atoms with Crippen molar-refractivity contribution in [2.75, 3.05) is 20.7 Å². The standard InChI is InChI=1S/C42H60N4O11/c1-11-32-42(8)36(44-40(51)56-42)25(4)33(47)23(2)21-41(7,52-18-13-12-16-29-20-30(45-57-29)28-15-14-17-43-22-28)37(26(5)34(48)27(6)38(50)54-32)55-39-35(49)31(46(9)10)19-24(3)53-39/h14-15,17,22-27,29,31-32,35-37,39,49H,11,16,18-21H2,1-10H3,(H,44,51)/t23-,24-,25+,26+,27-,29+,31+,32-,35-,36-,37-,39+,41-,42-/m1/s1. The fraction of sp³-hybridized carbons (Fsp3) is 0.714. The van der Waals surface area contributed by atoms with Crippen molar-refractivity contribution in [2.24, 2.45) is 28.8 Å². The third kappa shape index (κ3) is 9.69. The third-order valence-electron chi connectivity index (χ3n) is 12.1. The first kappa shape index (κ1) is 44.2. The van der Waals surface area contributed by atoms with Gasteiger partial charge in [-0.2, -0.15) is 0 Å². The van der Waals surface area contributed by atoms with E-state index in [1.54, 1.807) is 53.9 Å². The van der Waals surface area contributed by atoms with Gasteiger partial charge in [0.05, 0.1) is 29.6 Å². The molecule has 4 aliphatic rings. The van der Waals surface area contributed by atoms with Gasteiger partial charge in [0.1, 0.15) is 36.6 Å². The number of likely N-dealkylation sites (N-methyl/N-ethyl adjacent to an activating group) is 1. The number of aliphatic hydroxyl groups is 1. The Morgan fingerprint density at radius 3 is 2.46 bits per heavy atom. The number of cyclic esters (lactones) is 1. The minimum absolute atomic E-state index is 0.0535. The van der Waals surface area contributed by atoms with Gasteiger partial charge in [-0.15, -0.1) is 0 Å². The van der Waals surface area contributed by atoms with Gasteiger partial charge in [-0.05, 0) is 73.2 Å². The number of esters is 1. The Morgan fingerprint density at radius 2 is 1.79 bits per heavy atom. The lowest BCUT2D eigenvalue weighted by Crippen LogP contribution is -2.60. The molecule has 3 fully saturated rings. The number of fused-ring (bicyclic) bond motifs is 1. The van der Waals surface area contributed by atoms with Gasteiger partial charge in [-0.25, -0.2) is 4.79 Å². The number of hydrogen-bond donors (Lipinski definition) is 2. The van der Waals surface area contributed by atoms with Gasteiger partial charge in [0.25, 0.3) is 0 Å². The lowest BCUT2D eigenvalue weighted by molar-refractivity contribution is -0.296. The van der Waals surface area contributed by atoms with Crippen LogP contribution in [0.15, 0.2) is 29.7 Å². The van der Waals surface area contributed by atoms with E-state index < -0.39 is 83.4 Å². The largest absolute Gasteiger partial charge is 0.458 e. The summed E-state index contributed by atoms with van der Waals surface area (Å²) in [5, 5.41) is 18.6. The first-order valence-corrected chi connectivity index (χ1v) is 20.1. The molecule has 4 aliphatic heterocycles. The molecule has 5 rings (SSSR count). The summed E-state index contributed by atoms with van der Waals surface area (Å²) in [7, 11) is 3.72. The van der Waals surface area contributed by atoms with Crippen LogP contribution in [-0.2, 0) is 42.9 Å². The molecule has 14 atom stereocenters. The molecule has 0 radical (unpaired) electrons. The molecule has 0 aliphatic carbocycles. The second-order valence-corrected chi connectivity index (χ2v) is 16.7. The molecule has 57 heavy (non-hydrogen) atoms. The minimum Gasteiger partial charge on any atom is -0.458 e. The SMILES string of the molecule is CC[C@H]1OC(=O)[C@H](C)C(=O)[C@H](C)[C@@H](O[C@@H]2O[C@H](C)C[C@H](N(C)C)[C@H]2O)[C@](C)(OCC#CC[C@H]2CC(c3cccnc3)=NO2)C[C@@H](C)C(=O)[C@H](C)[C@H]2NC(=O)O[C@@]21C. The number of oxime groups is 1. The quantitative estimate of drug-likeness (QED) is 0.220. The van der Waals surface area contributed by atoms with Crippen LogP contribution in [0.3, 0.4) is 0 Å². The van der Waals surface area contributed by atoms with E-state index in [4.69, 9.17) is 28.5 Å². The molecule has 0 saturated carbocycles. The number of pyridine rings is 1. The monoisotopic (exact) mass is 796 g/mol. The lowest BCUT2D eigenvalue weighted by atomic mass is 9.73. The van der Waals surface area contributed by atoms with Crippen molar-refractivity contribution in [3.8, 4) is 11.8 Å². The van der Waals surface area contributed by atoms with Gasteiger partial charge in [-0.3, -0.25) is 19.4 Å². The van der Waals surface area contributed by atoms with Crippen LogP contribution in [0.2, 0.25) is 0 Å². The zero-order chi connectivity index (χ0) is 41.8. The van der Waals surface area contributed by atoms with Crippen molar-refractivity contribution in [3.63, 3.8) is 0 Å². The van der Waals surface area contributed by atoms with Crippen molar-refractivity contribution >= 4 is 29.3 Å². The van der Waals surface area contributed by atoms with Gasteiger partial charge < -0.3 is 43.8 Å². The van der Waals surface area contributed by atoms with Gasteiger partial charge in [0, 0.05) is 54.6 Å². The molecule has 3 saturated heterocycles. The highest BCUT2D eigenvalue weighted by Crippen LogP contribution is 2.40. The molecule has 5 heterocycles. The summed E-state index contributed by atoms with van der Waals surface area (Å²) in [6.45, 7) is 13.5. The molecule has 1 aromatic rings. The molecule has 1 aromatic heterocycles. The molecule has 314 valence electrons. The van der Waals surface area contributed by atoms with Crippen molar-refractivity contribution in [1.29, 1.82) is 0 Å². The predicted octanol–water partition coefficient (Wildman–Crippen LogP) is 3.83. The number of rotatable bonds is 8. The smallest absolute Gasteiger partial charge is 0.408 e. The van der Waals surface area contributed by atoms with E-state index in [-0.39, 0.29) is 43.5 Å². The summed E-state index contributed by atoms with van der Waals surface area (Å²) < 4.78 is 31.2. The molecule has 15 heteroatoms. The fourth-order valence-corrected chi connectivity index (χ4v) is 8.81. The van der Waals surface area contributed by atoms with Crippen LogP contribution < -0.4 is 5.32 Å². The number of ketones is 2. The van der Waals surface area contributed by atoms with Crippen molar-refractivity contribution < 1.29 is 52.8 Å². The third-order valence-corrected chi connectivity index (χ3v) is 12.1. The second kappa shape index (κ2) is 18.3. The van der Waals surface area contributed by atoms with E-state index in [1.165, 1.54) is 6.92 Å². The minimum atomic E-state index is -1.41. The number of alkyl carbamates (subject to hydrolysis) is 1. The van der Waals surface area contributed by atoms with Crippen LogP contribution in [0.4, 0.5) is 4.79 Å². The normalized spacial score (nSPS) is 39.1. The summed E-state index contributed by atoms with van der Waals surface area (Å²) in [4.78, 5) is 67.0. The Kier molecular flexibility index (Phi) is 14.2. The molecule has 15 nitrogen and oxygen atoms in total. The van der Waals surface area contributed by atoms with Gasteiger partial charge in [0.15, 0.2) is 17.7 Å². The number of hydrogen-bond acceptors (Lipinski definition) is 14. The maximum atomic E-state index is 14.4. The van der Waals surface area contributed by atoms with Gasteiger partial charge >= 0.3 is 12.1 Å². The topological polar surface area (TPSA) is 184 Å². The molecule has 0 spiro atoms. The zero-order valence-electron chi connectivity index (χ0n) is 34.9. The van der Waals surface area contributed by atoms with E-state index in [9.17, 15) is 24.3 Å². The van der Waals surface area contributed by atoms with E-state index in [1.807, 2.05) is 38.1 Å². The summed E-state index contributed by atoms with van der Waals surface area (Å²) >= 11 is 0. The Bertz CT molecular complexity index is 1710. The number of ether oxygens (including phenoxy) is 5. The maximum Gasteiger partial charge on any atom is 0.408 e. The number of Topliss-reactive ketones (excluding diaryl/α,β-unsaturated/α-hetero) is 2. The number of carbonyl (C=O) groups excluding carboxylic acids is 4. The number of aromatic nitrogens is 1. The summed E-state index contributed by atoms with van der Waals surface area (Å²) in [5.74, 6) is 0.917. The van der Waals surface area contributed by atoms with Crippen molar-refractivity contribution in [1.82, 2.24) is 15.2 Å². The van der Waals surface area contributed by atoms with Gasteiger partial charge in [0.2, 0.25) is 0 Å². The molecular formula is C42H60N4O11. The molecule has 0 unspecified atom stereocenters. The summed E-state index contributed by atoms with van der Waals surface area (Å²) in [6.07, 6.45) is -0.453. The number of nitrogens with one attached hydrogen (secondary N) is 1. The second-order valence-electron chi connectivity index (χ2n) is 16.7. The average Bonchev–Trinajstić information content (AvgIpc) is 3.78. The number of carbonyl (C=O) groups is 4. The number of amides is 1. The highest BCUT2D eigenvalue weighted by Gasteiger charge is 2.57. The maximum absolute atomic E-state index is 14.4. The van der Waals surface area contributed by atoms with Crippen LogP contribution in [0.1, 0.15) is 93.1 Å². The molecular weight excluding hydrogens is 736 g/mol. The molecule has 0 bridgehead atoms. The first-order chi connectivity index (χ1) is 26.9. The number of aliphatic hydroxyl groups excluding tert-OH is 1.